The number of hydrogen-bond acceptors (Lipinski definition) is 4. The molecular weight excluding hydrogens is 364 g/mol. The number of H-pyrrole nitrogens is 1. The molecule has 3 aromatic carbocycles. The van der Waals surface area contributed by atoms with Crippen LogP contribution in [-0.4, -0.2) is 23.0 Å². The van der Waals surface area contributed by atoms with Crippen molar-refractivity contribution in [1.29, 1.82) is 0 Å². The number of rotatable bonds is 2. The zero-order valence-corrected chi connectivity index (χ0v) is 15.6. The fourth-order valence-corrected chi connectivity index (χ4v) is 3.90. The summed E-state index contributed by atoms with van der Waals surface area (Å²) in [6.07, 6.45) is 5.23. The van der Waals surface area contributed by atoms with Crippen LogP contribution in [0, 0.1) is 0 Å². The summed E-state index contributed by atoms with van der Waals surface area (Å²) in [5.74, 6) is -0.434. The van der Waals surface area contributed by atoms with Crippen LogP contribution in [0.1, 0.15) is 10.4 Å². The van der Waals surface area contributed by atoms with E-state index in [1.165, 1.54) is 7.11 Å². The number of pyridine rings is 2. The van der Waals surface area contributed by atoms with E-state index < -0.39 is 5.97 Å². The quantitative estimate of drug-likeness (QED) is 0.356. The molecule has 0 aliphatic rings. The van der Waals surface area contributed by atoms with Gasteiger partial charge in [0.25, 0.3) is 5.56 Å². The Labute approximate surface area is 165 Å². The van der Waals surface area contributed by atoms with Crippen LogP contribution < -0.4 is 5.56 Å². The van der Waals surface area contributed by atoms with Gasteiger partial charge in [0.15, 0.2) is 0 Å². The summed E-state index contributed by atoms with van der Waals surface area (Å²) in [4.78, 5) is 32.1. The Morgan fingerprint density at radius 3 is 2.66 bits per heavy atom. The van der Waals surface area contributed by atoms with Crippen molar-refractivity contribution in [3.8, 4) is 11.1 Å². The number of benzene rings is 3. The Bertz CT molecular complexity index is 1480. The number of aromatic nitrogens is 2. The molecule has 2 aromatic heterocycles. The molecule has 0 saturated carbocycles. The van der Waals surface area contributed by atoms with Gasteiger partial charge in [0.2, 0.25) is 0 Å². The largest absolute Gasteiger partial charge is 0.465 e. The monoisotopic (exact) mass is 380 g/mol. The van der Waals surface area contributed by atoms with Crippen molar-refractivity contribution in [2.24, 2.45) is 0 Å². The predicted molar refractivity (Wildman–Crippen MR) is 114 cm³/mol. The van der Waals surface area contributed by atoms with Crippen LogP contribution in [0.4, 0.5) is 0 Å². The van der Waals surface area contributed by atoms with E-state index in [2.05, 4.69) is 9.97 Å². The van der Waals surface area contributed by atoms with Crippen LogP contribution in [0.15, 0.2) is 78.0 Å². The first-order chi connectivity index (χ1) is 14.2. The maximum absolute atomic E-state index is 12.6. The average Bonchev–Trinajstić information content (AvgIpc) is 2.77. The van der Waals surface area contributed by atoms with E-state index >= 15 is 0 Å². The number of carbonyl (C=O) groups excluding carboxylic acids is 1. The van der Waals surface area contributed by atoms with Gasteiger partial charge < -0.3 is 9.72 Å². The van der Waals surface area contributed by atoms with Gasteiger partial charge in [0.05, 0.1) is 18.1 Å². The fourth-order valence-electron chi connectivity index (χ4n) is 3.90. The summed E-state index contributed by atoms with van der Waals surface area (Å²) in [5, 5.41) is 4.73. The number of carbonyl (C=O) groups is 1. The zero-order valence-electron chi connectivity index (χ0n) is 15.6. The van der Waals surface area contributed by atoms with Crippen LogP contribution in [0.3, 0.4) is 0 Å². The maximum atomic E-state index is 12.6. The van der Waals surface area contributed by atoms with Crippen molar-refractivity contribution in [3.05, 3.63) is 89.1 Å². The molecule has 1 N–H and O–H groups in total. The van der Waals surface area contributed by atoms with Gasteiger partial charge in [-0.25, -0.2) is 4.79 Å². The fraction of sp³-hybridized carbons (Fsp3) is 0.0417. The van der Waals surface area contributed by atoms with Gasteiger partial charge in [-0.1, -0.05) is 36.4 Å². The van der Waals surface area contributed by atoms with E-state index in [-0.39, 0.29) is 5.56 Å². The third-order valence-electron chi connectivity index (χ3n) is 5.26. The van der Waals surface area contributed by atoms with Crippen LogP contribution in [-0.2, 0) is 4.74 Å². The number of ether oxygens (including phenoxy) is 1. The van der Waals surface area contributed by atoms with E-state index in [4.69, 9.17) is 4.74 Å². The highest BCUT2D eigenvalue weighted by Gasteiger charge is 2.16. The van der Waals surface area contributed by atoms with E-state index in [0.717, 1.165) is 21.9 Å². The second-order valence-corrected chi connectivity index (χ2v) is 6.86. The highest BCUT2D eigenvalue weighted by Crippen LogP contribution is 2.33. The topological polar surface area (TPSA) is 72.1 Å². The molecule has 5 nitrogen and oxygen atoms in total. The molecule has 2 heterocycles. The Kier molecular flexibility index (Phi) is 3.88. The van der Waals surface area contributed by atoms with Gasteiger partial charge >= 0.3 is 5.97 Å². The SMILES string of the molecule is COC(=O)c1cc2cc[nH]c(=O)c2c2cc(-c3cncc4ccccc34)ccc12. The molecule has 5 aromatic rings. The van der Waals surface area contributed by atoms with E-state index in [1.54, 1.807) is 18.3 Å². The van der Waals surface area contributed by atoms with Crippen LogP contribution in [0.5, 0.6) is 0 Å². The van der Waals surface area contributed by atoms with Gasteiger partial charge in [0, 0.05) is 29.5 Å². The molecule has 0 atom stereocenters. The van der Waals surface area contributed by atoms with Crippen molar-refractivity contribution in [2.45, 2.75) is 0 Å². The Morgan fingerprint density at radius 1 is 0.931 bits per heavy atom. The first kappa shape index (κ1) is 17.1. The number of methoxy groups -OCH3 is 1. The van der Waals surface area contributed by atoms with Crippen molar-refractivity contribution >= 4 is 38.3 Å². The van der Waals surface area contributed by atoms with Gasteiger partial charge in [0.1, 0.15) is 0 Å². The highest BCUT2D eigenvalue weighted by atomic mass is 16.5. The molecule has 0 spiro atoms. The zero-order chi connectivity index (χ0) is 20.0. The number of nitrogens with zero attached hydrogens (tertiary/aromatic N) is 1. The van der Waals surface area contributed by atoms with Crippen LogP contribution in [0.2, 0.25) is 0 Å². The molecule has 0 bridgehead atoms. The highest BCUT2D eigenvalue weighted by molar-refractivity contribution is 6.17. The number of esters is 1. The smallest absolute Gasteiger partial charge is 0.338 e. The summed E-state index contributed by atoms with van der Waals surface area (Å²) in [7, 11) is 1.35. The number of nitrogens with one attached hydrogen (secondary N) is 1. The van der Waals surface area contributed by atoms with E-state index in [1.807, 2.05) is 54.9 Å². The summed E-state index contributed by atoms with van der Waals surface area (Å²) < 4.78 is 4.96. The minimum absolute atomic E-state index is 0.197. The second kappa shape index (κ2) is 6.56. The lowest BCUT2D eigenvalue weighted by atomic mass is 9.93. The Morgan fingerprint density at radius 2 is 1.79 bits per heavy atom. The number of fused-ring (bicyclic) bond motifs is 4. The number of hydrogen-bond donors (Lipinski definition) is 1. The summed E-state index contributed by atoms with van der Waals surface area (Å²) in [6, 6.07) is 17.3. The standard InChI is InChI=1S/C24H16N2O3/c1-29-24(28)20-11-15-8-9-26-23(27)22(15)19-10-14(6-7-18(19)20)21-13-25-12-16-4-2-3-5-17(16)21/h2-13H,1H3,(H,26,27). The first-order valence-corrected chi connectivity index (χ1v) is 9.17. The Balaban J connectivity index is 1.90. The molecule has 0 radical (unpaired) electrons. The lowest BCUT2D eigenvalue weighted by Crippen LogP contribution is -2.08. The van der Waals surface area contributed by atoms with Crippen molar-refractivity contribution in [1.82, 2.24) is 9.97 Å². The lowest BCUT2D eigenvalue weighted by molar-refractivity contribution is 0.0603. The van der Waals surface area contributed by atoms with Crippen LogP contribution in [0.25, 0.3) is 43.4 Å². The molecule has 0 amide bonds. The molecule has 0 unspecified atom stereocenters. The molecule has 0 fully saturated rings. The summed E-state index contributed by atoms with van der Waals surface area (Å²) >= 11 is 0. The third kappa shape index (κ3) is 2.67. The van der Waals surface area contributed by atoms with Crippen molar-refractivity contribution < 1.29 is 9.53 Å². The second-order valence-electron chi connectivity index (χ2n) is 6.86. The third-order valence-corrected chi connectivity index (χ3v) is 5.26. The van der Waals surface area contributed by atoms with Gasteiger partial charge in [-0.05, 0) is 45.3 Å². The molecule has 5 heteroatoms. The van der Waals surface area contributed by atoms with Crippen molar-refractivity contribution in [2.75, 3.05) is 7.11 Å². The minimum Gasteiger partial charge on any atom is -0.465 e. The molecular formula is C24H16N2O3. The normalized spacial score (nSPS) is 11.2. The van der Waals surface area contributed by atoms with Gasteiger partial charge in [-0.15, -0.1) is 0 Å². The number of aromatic amines is 1. The predicted octanol–water partition coefficient (Wildman–Crippen LogP) is 4.68. The Hall–Kier alpha value is -3.99. The van der Waals surface area contributed by atoms with E-state index in [9.17, 15) is 9.59 Å². The van der Waals surface area contributed by atoms with Gasteiger partial charge in [-0.2, -0.15) is 0 Å². The lowest BCUT2D eigenvalue weighted by Gasteiger charge is -2.12. The molecule has 5 rings (SSSR count). The molecule has 140 valence electrons. The van der Waals surface area contributed by atoms with Crippen molar-refractivity contribution in [3.63, 3.8) is 0 Å². The molecule has 0 aliphatic heterocycles. The molecule has 0 saturated heterocycles. The average molecular weight is 380 g/mol. The van der Waals surface area contributed by atoms with Crippen LogP contribution >= 0.6 is 0 Å². The van der Waals surface area contributed by atoms with E-state index in [0.29, 0.717) is 27.1 Å². The summed E-state index contributed by atoms with van der Waals surface area (Å²) in [6.45, 7) is 0. The molecule has 29 heavy (non-hydrogen) atoms. The van der Waals surface area contributed by atoms with Gasteiger partial charge in [-0.3, -0.25) is 9.78 Å². The maximum Gasteiger partial charge on any atom is 0.338 e. The molecule has 0 aliphatic carbocycles. The summed E-state index contributed by atoms with van der Waals surface area (Å²) in [5.41, 5.74) is 2.13. The first-order valence-electron chi connectivity index (χ1n) is 9.17. The minimum atomic E-state index is -0.434.